The fraction of sp³-hybridized carbons (Fsp3) is 0.714. The van der Waals surface area contributed by atoms with Crippen LogP contribution in [-0.2, 0) is 19.6 Å². The van der Waals surface area contributed by atoms with Gasteiger partial charge in [0.15, 0.2) is 0 Å². The van der Waals surface area contributed by atoms with Crippen LogP contribution in [0.1, 0.15) is 71.1 Å². The van der Waals surface area contributed by atoms with E-state index in [-0.39, 0.29) is 11.8 Å². The van der Waals surface area contributed by atoms with Gasteiger partial charge >= 0.3 is 0 Å². The molecular weight excluding hydrogens is 520 g/mol. The summed E-state index contributed by atoms with van der Waals surface area (Å²) in [5.41, 5.74) is -1.23. The van der Waals surface area contributed by atoms with Crippen LogP contribution in [0.15, 0.2) is 24.3 Å². The van der Waals surface area contributed by atoms with Crippen LogP contribution in [0.4, 0.5) is 5.69 Å². The molecule has 2 aliphatic heterocycles. The van der Waals surface area contributed by atoms with Gasteiger partial charge in [-0.05, 0) is 56.4 Å². The molecule has 0 bridgehead atoms. The fourth-order valence-corrected chi connectivity index (χ4v) is 6.78. The van der Waals surface area contributed by atoms with Gasteiger partial charge in [-0.2, -0.15) is 0 Å². The quantitative estimate of drug-likeness (QED) is 0.377. The molecule has 3 aliphatic rings. The summed E-state index contributed by atoms with van der Waals surface area (Å²) in [6.45, 7) is 5.14. The number of hydrogen-bond acceptors (Lipinski definition) is 7. The lowest BCUT2D eigenvalue weighted by Gasteiger charge is -2.52. The minimum absolute atomic E-state index is 0.0485. The first-order valence-electron chi connectivity index (χ1n) is 14.3. The minimum Gasteiger partial charge on any atom is -0.492 e. The standard InChI is InChI=1S/C28H44N4O6S/c1-3-4-16-32-25(33)24(21-27(35)12-6-5-7-13-27)29-26(34)28(32)14-17-31(18-15-28)19-20-38-23-10-8-22(9-11-23)30-39(2,36)37/h8-11,24,30,35H,3-7,12-21H2,1-2H3,(H,29,34)/t24-/m1/s1. The number of nitrogens with one attached hydrogen (secondary N) is 2. The fourth-order valence-electron chi connectivity index (χ4n) is 6.22. The number of likely N-dealkylation sites (tertiary alicyclic amines) is 1. The van der Waals surface area contributed by atoms with Crippen LogP contribution >= 0.6 is 0 Å². The van der Waals surface area contributed by atoms with Gasteiger partial charge in [0.25, 0.3) is 0 Å². The van der Waals surface area contributed by atoms with Crippen molar-refractivity contribution < 1.29 is 27.9 Å². The largest absolute Gasteiger partial charge is 0.492 e. The Morgan fingerprint density at radius 1 is 1.05 bits per heavy atom. The molecule has 1 aliphatic carbocycles. The molecule has 39 heavy (non-hydrogen) atoms. The Bertz CT molecular complexity index is 1100. The van der Waals surface area contributed by atoms with Crippen molar-refractivity contribution in [3.05, 3.63) is 24.3 Å². The van der Waals surface area contributed by atoms with E-state index in [1.165, 1.54) is 0 Å². The number of carbonyl (C=O) groups is 2. The molecule has 1 saturated carbocycles. The number of carbonyl (C=O) groups excluding carboxylic acids is 2. The number of rotatable bonds is 11. The van der Waals surface area contributed by atoms with Crippen molar-refractivity contribution in [2.45, 2.75) is 88.3 Å². The Labute approximate surface area is 232 Å². The van der Waals surface area contributed by atoms with Crippen molar-refractivity contribution in [1.29, 1.82) is 0 Å². The van der Waals surface area contributed by atoms with Gasteiger partial charge in [-0.3, -0.25) is 19.2 Å². The lowest BCUT2D eigenvalue weighted by atomic mass is 9.77. The molecular formula is C28H44N4O6S. The zero-order valence-electron chi connectivity index (χ0n) is 23.3. The third-order valence-corrected chi connectivity index (χ3v) is 9.04. The van der Waals surface area contributed by atoms with E-state index in [0.29, 0.717) is 76.3 Å². The number of amides is 2. The molecule has 1 spiro atoms. The highest BCUT2D eigenvalue weighted by Gasteiger charge is 2.54. The van der Waals surface area contributed by atoms with Gasteiger partial charge in [-0.15, -0.1) is 0 Å². The summed E-state index contributed by atoms with van der Waals surface area (Å²) in [6, 6.07) is 6.11. The molecule has 2 amide bonds. The predicted molar refractivity (Wildman–Crippen MR) is 150 cm³/mol. The molecule has 0 radical (unpaired) electrons. The van der Waals surface area contributed by atoms with Crippen molar-refractivity contribution in [1.82, 2.24) is 15.1 Å². The number of piperidine rings is 1. The van der Waals surface area contributed by atoms with Gasteiger partial charge in [0.05, 0.1) is 11.9 Å². The van der Waals surface area contributed by atoms with Crippen LogP contribution in [-0.4, -0.2) is 91.4 Å². The van der Waals surface area contributed by atoms with Gasteiger partial charge < -0.3 is 20.1 Å². The van der Waals surface area contributed by atoms with E-state index in [0.717, 1.165) is 38.4 Å². The van der Waals surface area contributed by atoms with E-state index in [2.05, 4.69) is 21.9 Å². The third kappa shape index (κ3) is 7.43. The van der Waals surface area contributed by atoms with E-state index in [1.807, 2.05) is 4.90 Å². The van der Waals surface area contributed by atoms with Gasteiger partial charge in [0.1, 0.15) is 23.9 Å². The number of nitrogens with zero attached hydrogens (tertiary/aromatic N) is 2. The number of anilines is 1. The van der Waals surface area contributed by atoms with Crippen LogP contribution in [0.25, 0.3) is 0 Å². The molecule has 11 heteroatoms. The number of piperazine rings is 1. The molecule has 2 heterocycles. The molecule has 4 rings (SSSR count). The molecule has 0 aromatic heterocycles. The first-order valence-corrected chi connectivity index (χ1v) is 16.2. The van der Waals surface area contributed by atoms with Crippen molar-refractivity contribution in [2.24, 2.45) is 0 Å². The second-order valence-corrected chi connectivity index (χ2v) is 13.2. The number of hydrogen-bond donors (Lipinski definition) is 3. The molecule has 0 unspecified atom stereocenters. The third-order valence-electron chi connectivity index (χ3n) is 8.43. The van der Waals surface area contributed by atoms with Crippen LogP contribution in [0.2, 0.25) is 0 Å². The van der Waals surface area contributed by atoms with Crippen LogP contribution in [0.5, 0.6) is 5.75 Å². The Balaban J connectivity index is 1.32. The molecule has 1 aromatic rings. The molecule has 218 valence electrons. The van der Waals surface area contributed by atoms with E-state index < -0.39 is 27.2 Å². The number of unbranched alkanes of at least 4 members (excludes halogenated alkanes) is 1. The average molecular weight is 565 g/mol. The summed E-state index contributed by atoms with van der Waals surface area (Å²) < 4.78 is 31.0. The van der Waals surface area contributed by atoms with Gasteiger partial charge in [-0.1, -0.05) is 32.6 Å². The molecule has 1 atom stereocenters. The maximum absolute atomic E-state index is 13.7. The topological polar surface area (TPSA) is 128 Å². The van der Waals surface area contributed by atoms with Crippen molar-refractivity contribution >= 4 is 27.5 Å². The first-order chi connectivity index (χ1) is 18.5. The summed E-state index contributed by atoms with van der Waals surface area (Å²) in [6.07, 6.45) is 8.71. The summed E-state index contributed by atoms with van der Waals surface area (Å²) in [5.74, 6) is 0.519. The zero-order valence-corrected chi connectivity index (χ0v) is 24.1. The van der Waals surface area contributed by atoms with Gasteiger partial charge in [0.2, 0.25) is 21.8 Å². The molecule has 10 nitrogen and oxygen atoms in total. The number of aliphatic hydroxyl groups is 1. The highest BCUT2D eigenvalue weighted by Crippen LogP contribution is 2.37. The normalized spacial score (nSPS) is 23.5. The van der Waals surface area contributed by atoms with Crippen LogP contribution in [0.3, 0.4) is 0 Å². The molecule has 2 saturated heterocycles. The SMILES string of the molecule is CCCCN1C(=O)[C@@H](CC2(O)CCCCC2)NC(=O)C12CCN(CCOc1ccc(NS(C)(=O)=O)cc1)CC2. The maximum Gasteiger partial charge on any atom is 0.246 e. The monoisotopic (exact) mass is 564 g/mol. The number of sulfonamides is 1. The average Bonchev–Trinajstić information content (AvgIpc) is 2.89. The lowest BCUT2D eigenvalue weighted by molar-refractivity contribution is -0.163. The second kappa shape index (κ2) is 12.4. The van der Waals surface area contributed by atoms with E-state index in [4.69, 9.17) is 4.74 Å². The molecule has 3 N–H and O–H groups in total. The summed E-state index contributed by atoms with van der Waals surface area (Å²) in [7, 11) is -3.32. The summed E-state index contributed by atoms with van der Waals surface area (Å²) in [4.78, 5) is 31.4. The Hall–Kier alpha value is -2.37. The van der Waals surface area contributed by atoms with Crippen molar-refractivity contribution in [3.63, 3.8) is 0 Å². The Morgan fingerprint density at radius 3 is 2.33 bits per heavy atom. The van der Waals surface area contributed by atoms with Crippen molar-refractivity contribution in [3.8, 4) is 5.75 Å². The van der Waals surface area contributed by atoms with Crippen molar-refractivity contribution in [2.75, 3.05) is 43.8 Å². The number of ether oxygens (including phenoxy) is 1. The van der Waals surface area contributed by atoms with Crippen LogP contribution in [0, 0.1) is 0 Å². The lowest BCUT2D eigenvalue weighted by Crippen LogP contribution is -2.73. The highest BCUT2D eigenvalue weighted by atomic mass is 32.2. The second-order valence-electron chi connectivity index (χ2n) is 11.5. The highest BCUT2D eigenvalue weighted by molar-refractivity contribution is 7.92. The van der Waals surface area contributed by atoms with E-state index >= 15 is 0 Å². The van der Waals surface area contributed by atoms with E-state index in [9.17, 15) is 23.1 Å². The summed E-state index contributed by atoms with van der Waals surface area (Å²) in [5, 5.41) is 14.1. The predicted octanol–water partition coefficient (Wildman–Crippen LogP) is 2.48. The Morgan fingerprint density at radius 2 is 1.72 bits per heavy atom. The van der Waals surface area contributed by atoms with Gasteiger partial charge in [-0.25, -0.2) is 8.42 Å². The summed E-state index contributed by atoms with van der Waals surface area (Å²) >= 11 is 0. The van der Waals surface area contributed by atoms with Gasteiger partial charge in [0, 0.05) is 38.3 Å². The number of benzene rings is 1. The van der Waals surface area contributed by atoms with Crippen LogP contribution < -0.4 is 14.8 Å². The Kier molecular flexibility index (Phi) is 9.44. The zero-order chi connectivity index (χ0) is 28.1. The maximum atomic E-state index is 13.7. The first kappa shape index (κ1) is 29.6. The van der Waals surface area contributed by atoms with E-state index in [1.54, 1.807) is 24.3 Å². The molecule has 1 aromatic carbocycles. The minimum atomic E-state index is -3.32. The molecule has 3 fully saturated rings. The smallest absolute Gasteiger partial charge is 0.246 e.